The smallest absolute Gasteiger partial charge is 0.243 e. The Morgan fingerprint density at radius 2 is 2.21 bits per heavy atom. The van der Waals surface area contributed by atoms with Crippen LogP contribution < -0.4 is 5.32 Å². The molecule has 0 aliphatic heterocycles. The van der Waals surface area contributed by atoms with Gasteiger partial charge in [0.15, 0.2) is 0 Å². The van der Waals surface area contributed by atoms with Gasteiger partial charge in [-0.2, -0.15) is 0 Å². The normalized spacial score (nSPS) is 16.2. The van der Waals surface area contributed by atoms with Crippen molar-refractivity contribution in [1.82, 2.24) is 9.62 Å². The van der Waals surface area contributed by atoms with Crippen LogP contribution >= 0.6 is 11.3 Å². The number of hydrogen-bond donors (Lipinski definition) is 1. The maximum atomic E-state index is 12.4. The van der Waals surface area contributed by atoms with E-state index in [9.17, 15) is 8.42 Å². The summed E-state index contributed by atoms with van der Waals surface area (Å²) in [6.07, 6.45) is 3.41. The van der Waals surface area contributed by atoms with Gasteiger partial charge in [-0.05, 0) is 37.8 Å². The third-order valence-electron chi connectivity index (χ3n) is 3.28. The van der Waals surface area contributed by atoms with Gasteiger partial charge in [0.2, 0.25) is 10.0 Å². The van der Waals surface area contributed by atoms with Crippen molar-refractivity contribution in [1.29, 1.82) is 0 Å². The average molecular weight is 302 g/mol. The minimum absolute atomic E-state index is 0.439. The quantitative estimate of drug-likeness (QED) is 0.750. The molecule has 1 saturated carbocycles. The molecule has 0 amide bonds. The van der Waals surface area contributed by atoms with Gasteiger partial charge in [-0.15, -0.1) is 11.3 Å². The highest BCUT2D eigenvalue weighted by Crippen LogP contribution is 2.31. The summed E-state index contributed by atoms with van der Waals surface area (Å²) in [5, 5.41) is 5.04. The third kappa shape index (κ3) is 4.02. The molecular formula is C13H22N2O2S2. The van der Waals surface area contributed by atoms with Crippen molar-refractivity contribution in [3.63, 3.8) is 0 Å². The number of sulfonamides is 1. The summed E-state index contributed by atoms with van der Waals surface area (Å²) < 4.78 is 26.2. The Kier molecular flexibility index (Phi) is 5.00. The van der Waals surface area contributed by atoms with Crippen LogP contribution in [0.25, 0.3) is 0 Å². The largest absolute Gasteiger partial charge is 0.312 e. The highest BCUT2D eigenvalue weighted by Gasteiger charge is 2.29. The van der Waals surface area contributed by atoms with Gasteiger partial charge in [-0.3, -0.25) is 0 Å². The van der Waals surface area contributed by atoms with Gasteiger partial charge >= 0.3 is 0 Å². The Bertz CT molecular complexity index is 506. The van der Waals surface area contributed by atoms with Gasteiger partial charge in [0.05, 0.1) is 4.90 Å². The Morgan fingerprint density at radius 1 is 1.47 bits per heavy atom. The van der Waals surface area contributed by atoms with Crippen LogP contribution in [0.3, 0.4) is 0 Å². The molecule has 0 unspecified atom stereocenters. The second-order valence-corrected chi connectivity index (χ2v) is 8.20. The van der Waals surface area contributed by atoms with Crippen molar-refractivity contribution in [2.45, 2.75) is 37.6 Å². The van der Waals surface area contributed by atoms with Gasteiger partial charge in [0, 0.05) is 30.4 Å². The molecule has 1 aromatic rings. The fourth-order valence-corrected chi connectivity index (χ4v) is 4.40. The van der Waals surface area contributed by atoms with Crippen molar-refractivity contribution >= 4 is 21.4 Å². The van der Waals surface area contributed by atoms with Crippen molar-refractivity contribution < 1.29 is 8.42 Å². The molecule has 0 saturated heterocycles. The standard InChI is InChI=1S/C13H22N2O2S2/c1-3-6-14-8-12-7-13(10-18-12)19(16,17)15(2)9-11-4-5-11/h7,10-11,14H,3-6,8-9H2,1-2H3. The van der Waals surface area contributed by atoms with E-state index in [4.69, 9.17) is 0 Å². The fraction of sp³-hybridized carbons (Fsp3) is 0.692. The summed E-state index contributed by atoms with van der Waals surface area (Å²) in [4.78, 5) is 1.51. The molecule has 108 valence electrons. The molecule has 1 aliphatic carbocycles. The summed E-state index contributed by atoms with van der Waals surface area (Å²) in [6, 6.07) is 1.80. The van der Waals surface area contributed by atoms with E-state index in [0.717, 1.165) is 37.2 Å². The molecule has 0 aromatic carbocycles. The molecule has 0 atom stereocenters. The number of nitrogens with zero attached hydrogens (tertiary/aromatic N) is 1. The first-order chi connectivity index (χ1) is 9.04. The lowest BCUT2D eigenvalue weighted by Gasteiger charge is -2.15. The van der Waals surface area contributed by atoms with Gasteiger partial charge in [0.25, 0.3) is 0 Å². The SMILES string of the molecule is CCCNCc1cc(S(=O)(=O)N(C)CC2CC2)cs1. The second kappa shape index (κ2) is 6.35. The van der Waals surface area contributed by atoms with Crippen molar-refractivity contribution in [3.05, 3.63) is 16.3 Å². The molecule has 0 radical (unpaired) electrons. The first kappa shape index (κ1) is 15.0. The van der Waals surface area contributed by atoms with Crippen LogP contribution in [0, 0.1) is 5.92 Å². The molecule has 19 heavy (non-hydrogen) atoms. The van der Waals surface area contributed by atoms with Gasteiger partial charge in [-0.25, -0.2) is 12.7 Å². The third-order valence-corrected chi connectivity index (χ3v) is 6.16. The van der Waals surface area contributed by atoms with Crippen molar-refractivity contribution in [2.24, 2.45) is 5.92 Å². The van der Waals surface area contributed by atoms with Gasteiger partial charge in [-0.1, -0.05) is 6.92 Å². The van der Waals surface area contributed by atoms with Crippen LogP contribution in [-0.2, 0) is 16.6 Å². The Hall–Kier alpha value is -0.430. The topological polar surface area (TPSA) is 49.4 Å². The van der Waals surface area contributed by atoms with Crippen LogP contribution in [0.4, 0.5) is 0 Å². The summed E-state index contributed by atoms with van der Waals surface area (Å²) >= 11 is 1.51. The first-order valence-corrected chi connectivity index (χ1v) is 9.10. The van der Waals surface area contributed by atoms with E-state index in [-0.39, 0.29) is 0 Å². The predicted octanol–water partition coefficient (Wildman–Crippen LogP) is 2.28. The Balaban J connectivity index is 1.99. The van der Waals surface area contributed by atoms with Crippen molar-refractivity contribution in [2.75, 3.05) is 20.1 Å². The Morgan fingerprint density at radius 3 is 2.84 bits per heavy atom. The lowest BCUT2D eigenvalue weighted by molar-refractivity contribution is 0.453. The van der Waals surface area contributed by atoms with Crippen LogP contribution in [0.1, 0.15) is 31.1 Å². The van der Waals surface area contributed by atoms with Crippen LogP contribution in [0.2, 0.25) is 0 Å². The molecule has 1 aromatic heterocycles. The predicted molar refractivity (Wildman–Crippen MR) is 78.9 cm³/mol. The maximum Gasteiger partial charge on any atom is 0.243 e. The number of nitrogens with one attached hydrogen (secondary N) is 1. The molecule has 2 rings (SSSR count). The summed E-state index contributed by atoms with van der Waals surface area (Å²) in [5.41, 5.74) is 0. The van der Waals surface area contributed by atoms with E-state index in [1.54, 1.807) is 18.5 Å². The molecule has 6 heteroatoms. The minimum Gasteiger partial charge on any atom is -0.312 e. The van der Waals surface area contributed by atoms with Crippen LogP contribution in [0.15, 0.2) is 16.3 Å². The fourth-order valence-electron chi connectivity index (χ4n) is 1.92. The maximum absolute atomic E-state index is 12.4. The van der Waals surface area contributed by atoms with E-state index in [2.05, 4.69) is 12.2 Å². The zero-order valence-corrected chi connectivity index (χ0v) is 13.2. The molecule has 1 aliphatic rings. The lowest BCUT2D eigenvalue weighted by atomic mass is 10.4. The highest BCUT2D eigenvalue weighted by molar-refractivity contribution is 7.89. The van der Waals surface area contributed by atoms with Crippen molar-refractivity contribution in [3.8, 4) is 0 Å². The average Bonchev–Trinajstić information content (AvgIpc) is 3.05. The summed E-state index contributed by atoms with van der Waals surface area (Å²) in [6.45, 7) is 4.48. The van der Waals surface area contributed by atoms with E-state index in [1.807, 2.05) is 0 Å². The second-order valence-electron chi connectivity index (χ2n) is 5.15. The van der Waals surface area contributed by atoms with E-state index in [0.29, 0.717) is 17.4 Å². The zero-order valence-electron chi connectivity index (χ0n) is 11.6. The van der Waals surface area contributed by atoms with Gasteiger partial charge < -0.3 is 5.32 Å². The van der Waals surface area contributed by atoms with Crippen LogP contribution in [-0.4, -0.2) is 32.9 Å². The van der Waals surface area contributed by atoms with E-state index >= 15 is 0 Å². The Labute approximate surface area is 119 Å². The molecule has 4 nitrogen and oxygen atoms in total. The van der Waals surface area contributed by atoms with Gasteiger partial charge in [0.1, 0.15) is 0 Å². The molecule has 0 spiro atoms. The lowest BCUT2D eigenvalue weighted by Crippen LogP contribution is -2.28. The number of hydrogen-bond acceptors (Lipinski definition) is 4. The molecule has 1 N–H and O–H groups in total. The molecular weight excluding hydrogens is 280 g/mol. The first-order valence-electron chi connectivity index (χ1n) is 6.78. The summed E-state index contributed by atoms with van der Waals surface area (Å²) in [5.74, 6) is 0.573. The molecule has 0 bridgehead atoms. The van der Waals surface area contributed by atoms with Crippen LogP contribution in [0.5, 0.6) is 0 Å². The summed E-state index contributed by atoms with van der Waals surface area (Å²) in [7, 11) is -1.61. The molecule has 1 fully saturated rings. The minimum atomic E-state index is -3.29. The molecule has 1 heterocycles. The van der Waals surface area contributed by atoms with E-state index in [1.165, 1.54) is 15.6 Å². The highest BCUT2D eigenvalue weighted by atomic mass is 32.2. The number of rotatable bonds is 8. The monoisotopic (exact) mass is 302 g/mol. The van der Waals surface area contributed by atoms with E-state index < -0.39 is 10.0 Å². The zero-order chi connectivity index (χ0) is 13.9. The number of thiophene rings is 1.